The summed E-state index contributed by atoms with van der Waals surface area (Å²) in [6, 6.07) is -0.247. The van der Waals surface area contributed by atoms with Crippen LogP contribution in [0, 0.1) is 0 Å². The second-order valence-electron chi connectivity index (χ2n) is 6.82. The molecular formula is C15H26N2O3. The fourth-order valence-corrected chi connectivity index (χ4v) is 2.95. The highest BCUT2D eigenvalue weighted by atomic mass is 16.6. The molecule has 1 saturated heterocycles. The molecule has 5 heteroatoms. The van der Waals surface area contributed by atoms with E-state index in [0.29, 0.717) is 13.0 Å². The molecule has 0 spiro atoms. The number of amides is 2. The molecule has 2 rings (SSSR count). The van der Waals surface area contributed by atoms with Gasteiger partial charge >= 0.3 is 12.0 Å². The normalized spacial score (nSPS) is 23.9. The number of carbonyl (C=O) groups is 2. The number of hydrogen-bond donors (Lipinski definition) is 1. The number of carbonyl (C=O) groups excluding carboxylic acids is 2. The van der Waals surface area contributed by atoms with Crippen LogP contribution in [0.3, 0.4) is 0 Å². The second kappa shape index (κ2) is 6.02. The Morgan fingerprint density at radius 3 is 2.35 bits per heavy atom. The highest BCUT2D eigenvalue weighted by Gasteiger charge is 2.37. The first-order valence-electron chi connectivity index (χ1n) is 7.67. The summed E-state index contributed by atoms with van der Waals surface area (Å²) in [5.41, 5.74) is -0.507. The van der Waals surface area contributed by atoms with Crippen molar-refractivity contribution in [2.75, 3.05) is 6.54 Å². The highest BCUT2D eigenvalue weighted by Crippen LogP contribution is 2.23. The van der Waals surface area contributed by atoms with Crippen molar-refractivity contribution in [3.63, 3.8) is 0 Å². The van der Waals surface area contributed by atoms with E-state index in [4.69, 9.17) is 4.74 Å². The van der Waals surface area contributed by atoms with Crippen LogP contribution in [-0.2, 0) is 9.53 Å². The minimum atomic E-state index is -0.507. The molecule has 1 saturated carbocycles. The van der Waals surface area contributed by atoms with Crippen LogP contribution >= 0.6 is 0 Å². The third-order valence-electron chi connectivity index (χ3n) is 3.88. The third kappa shape index (κ3) is 3.87. The zero-order valence-corrected chi connectivity index (χ0v) is 12.8. The van der Waals surface area contributed by atoms with Gasteiger partial charge in [-0.15, -0.1) is 0 Å². The maximum atomic E-state index is 12.3. The van der Waals surface area contributed by atoms with Crippen LogP contribution in [0.25, 0.3) is 0 Å². The van der Waals surface area contributed by atoms with Gasteiger partial charge in [-0.3, -0.25) is 0 Å². The van der Waals surface area contributed by atoms with Crippen LogP contribution in [0.1, 0.15) is 59.3 Å². The Kier molecular flexibility index (Phi) is 4.55. The number of ether oxygens (including phenoxy) is 1. The van der Waals surface area contributed by atoms with E-state index in [-0.39, 0.29) is 18.0 Å². The van der Waals surface area contributed by atoms with Crippen molar-refractivity contribution in [3.05, 3.63) is 0 Å². The number of nitrogens with zero attached hydrogens (tertiary/aromatic N) is 1. The smallest absolute Gasteiger partial charge is 0.329 e. The van der Waals surface area contributed by atoms with Crippen LogP contribution in [0.4, 0.5) is 4.79 Å². The molecule has 5 nitrogen and oxygen atoms in total. The van der Waals surface area contributed by atoms with Gasteiger partial charge in [-0.25, -0.2) is 9.59 Å². The predicted molar refractivity (Wildman–Crippen MR) is 76.4 cm³/mol. The van der Waals surface area contributed by atoms with Crippen molar-refractivity contribution in [1.82, 2.24) is 10.2 Å². The quantitative estimate of drug-likeness (QED) is 0.791. The van der Waals surface area contributed by atoms with Crippen LogP contribution in [-0.4, -0.2) is 41.1 Å². The fraction of sp³-hybridized carbons (Fsp3) is 0.867. The SMILES string of the molecule is CC(C)(C)OC(=O)[C@H]1CCCN1C(=O)NC1CCCC1. The Labute approximate surface area is 121 Å². The molecule has 0 aromatic carbocycles. The average molecular weight is 282 g/mol. The minimum absolute atomic E-state index is 0.106. The molecule has 1 heterocycles. The molecule has 1 atom stereocenters. The Balaban J connectivity index is 1.92. The van der Waals surface area contributed by atoms with Gasteiger partial charge in [-0.2, -0.15) is 0 Å². The summed E-state index contributed by atoms with van der Waals surface area (Å²) >= 11 is 0. The molecule has 0 unspecified atom stereocenters. The van der Waals surface area contributed by atoms with E-state index >= 15 is 0 Å². The molecule has 0 aromatic rings. The van der Waals surface area contributed by atoms with Gasteiger partial charge in [0.05, 0.1) is 0 Å². The van der Waals surface area contributed by atoms with Crippen molar-refractivity contribution in [2.45, 2.75) is 77.0 Å². The van der Waals surface area contributed by atoms with E-state index in [2.05, 4.69) is 5.32 Å². The number of rotatable bonds is 2. The lowest BCUT2D eigenvalue weighted by atomic mass is 10.1. The maximum Gasteiger partial charge on any atom is 0.329 e. The van der Waals surface area contributed by atoms with E-state index in [9.17, 15) is 9.59 Å². The molecule has 20 heavy (non-hydrogen) atoms. The molecular weight excluding hydrogens is 256 g/mol. The first-order valence-corrected chi connectivity index (χ1v) is 7.67. The molecule has 1 N–H and O–H groups in total. The third-order valence-corrected chi connectivity index (χ3v) is 3.88. The highest BCUT2D eigenvalue weighted by molar-refractivity contribution is 5.84. The molecule has 1 aliphatic heterocycles. The minimum Gasteiger partial charge on any atom is -0.458 e. The summed E-state index contributed by atoms with van der Waals surface area (Å²) in [6.45, 7) is 6.19. The van der Waals surface area contributed by atoms with Gasteiger partial charge in [0.15, 0.2) is 0 Å². The van der Waals surface area contributed by atoms with E-state index in [1.165, 1.54) is 12.8 Å². The van der Waals surface area contributed by atoms with Gasteiger partial charge in [0.25, 0.3) is 0 Å². The number of likely N-dealkylation sites (tertiary alicyclic amines) is 1. The summed E-state index contributed by atoms with van der Waals surface area (Å²) in [4.78, 5) is 26.1. The van der Waals surface area contributed by atoms with Crippen LogP contribution in [0.2, 0.25) is 0 Å². The molecule has 114 valence electrons. The standard InChI is InChI=1S/C15H26N2O3/c1-15(2,3)20-13(18)12-9-6-10-17(12)14(19)16-11-7-4-5-8-11/h11-12H,4-10H2,1-3H3,(H,16,19)/t12-/m1/s1. The van der Waals surface area contributed by atoms with Crippen molar-refractivity contribution >= 4 is 12.0 Å². The fourth-order valence-electron chi connectivity index (χ4n) is 2.95. The maximum absolute atomic E-state index is 12.3. The summed E-state index contributed by atoms with van der Waals surface area (Å²) < 4.78 is 5.41. The lowest BCUT2D eigenvalue weighted by molar-refractivity contribution is -0.159. The first kappa shape index (κ1) is 15.1. The molecule has 0 aromatic heterocycles. The molecule has 1 aliphatic carbocycles. The topological polar surface area (TPSA) is 58.6 Å². The van der Waals surface area contributed by atoms with E-state index in [1.54, 1.807) is 4.90 Å². The Bertz CT molecular complexity index is 370. The number of nitrogens with one attached hydrogen (secondary N) is 1. The zero-order chi connectivity index (χ0) is 14.8. The van der Waals surface area contributed by atoms with Gasteiger partial charge in [0.2, 0.25) is 0 Å². The first-order chi connectivity index (χ1) is 9.37. The van der Waals surface area contributed by atoms with Gasteiger partial charge in [-0.1, -0.05) is 12.8 Å². The van der Waals surface area contributed by atoms with E-state index in [1.807, 2.05) is 20.8 Å². The number of hydrogen-bond acceptors (Lipinski definition) is 3. The molecule has 2 amide bonds. The lowest BCUT2D eigenvalue weighted by Gasteiger charge is -2.28. The van der Waals surface area contributed by atoms with Gasteiger partial charge in [0.1, 0.15) is 11.6 Å². The summed E-state index contributed by atoms with van der Waals surface area (Å²) in [5, 5.41) is 3.05. The number of urea groups is 1. The van der Waals surface area contributed by atoms with Crippen molar-refractivity contribution in [3.8, 4) is 0 Å². The monoisotopic (exact) mass is 282 g/mol. The predicted octanol–water partition coefficient (Wildman–Crippen LogP) is 2.44. The Morgan fingerprint density at radius 1 is 1.10 bits per heavy atom. The number of esters is 1. The largest absolute Gasteiger partial charge is 0.458 e. The van der Waals surface area contributed by atoms with E-state index in [0.717, 1.165) is 19.3 Å². The average Bonchev–Trinajstić information content (AvgIpc) is 2.96. The van der Waals surface area contributed by atoms with E-state index < -0.39 is 11.6 Å². The van der Waals surface area contributed by atoms with Crippen molar-refractivity contribution in [2.24, 2.45) is 0 Å². The summed E-state index contributed by atoms with van der Waals surface area (Å²) in [6.07, 6.45) is 6.03. The summed E-state index contributed by atoms with van der Waals surface area (Å²) in [7, 11) is 0. The molecule has 2 fully saturated rings. The van der Waals surface area contributed by atoms with Gasteiger partial charge in [-0.05, 0) is 46.5 Å². The lowest BCUT2D eigenvalue weighted by Crippen LogP contribution is -2.49. The van der Waals surface area contributed by atoms with Crippen LogP contribution in [0.5, 0.6) is 0 Å². The van der Waals surface area contributed by atoms with Crippen molar-refractivity contribution < 1.29 is 14.3 Å². The van der Waals surface area contributed by atoms with Gasteiger partial charge < -0.3 is 15.0 Å². The van der Waals surface area contributed by atoms with Gasteiger partial charge in [0, 0.05) is 12.6 Å². The zero-order valence-electron chi connectivity index (χ0n) is 12.8. The van der Waals surface area contributed by atoms with Crippen LogP contribution in [0.15, 0.2) is 0 Å². The Hall–Kier alpha value is -1.26. The second-order valence-corrected chi connectivity index (χ2v) is 6.82. The molecule has 2 aliphatic rings. The van der Waals surface area contributed by atoms with Crippen LogP contribution < -0.4 is 5.32 Å². The molecule has 0 bridgehead atoms. The summed E-state index contributed by atoms with van der Waals surface area (Å²) in [5.74, 6) is -0.281. The molecule has 0 radical (unpaired) electrons. The Morgan fingerprint density at radius 2 is 1.75 bits per heavy atom. The van der Waals surface area contributed by atoms with Crippen molar-refractivity contribution in [1.29, 1.82) is 0 Å².